The Balaban J connectivity index is 1.23. The Morgan fingerprint density at radius 2 is 1.91 bits per heavy atom. The lowest BCUT2D eigenvalue weighted by Crippen LogP contribution is -2.42. The summed E-state index contributed by atoms with van der Waals surface area (Å²) in [6, 6.07) is 13.5. The van der Waals surface area contributed by atoms with Crippen LogP contribution in [0.25, 0.3) is 11.3 Å². The maximum absolute atomic E-state index is 12.4. The van der Waals surface area contributed by atoms with Gasteiger partial charge in [-0.3, -0.25) is 14.4 Å². The summed E-state index contributed by atoms with van der Waals surface area (Å²) < 4.78 is 0. The van der Waals surface area contributed by atoms with E-state index in [-0.39, 0.29) is 30.6 Å². The molecule has 0 radical (unpaired) electrons. The van der Waals surface area contributed by atoms with E-state index in [2.05, 4.69) is 20.9 Å². The number of amides is 3. The van der Waals surface area contributed by atoms with Crippen molar-refractivity contribution in [1.82, 2.24) is 15.6 Å². The highest BCUT2D eigenvalue weighted by molar-refractivity contribution is 7.09. The number of rotatable bonds is 7. The van der Waals surface area contributed by atoms with E-state index < -0.39 is 6.04 Å². The van der Waals surface area contributed by atoms with Crippen molar-refractivity contribution in [1.29, 1.82) is 0 Å². The predicted octanol–water partition coefficient (Wildman–Crippen LogP) is 3.65. The first-order valence-corrected chi connectivity index (χ1v) is 11.4. The molecule has 1 aliphatic heterocycles. The molecule has 1 aliphatic rings. The molecular weight excluding hydrogens is 448 g/mol. The van der Waals surface area contributed by atoms with Crippen LogP contribution in [-0.2, 0) is 16.0 Å². The lowest BCUT2D eigenvalue weighted by atomic mass is 10.1. The van der Waals surface area contributed by atoms with Crippen molar-refractivity contribution in [3.8, 4) is 11.3 Å². The minimum absolute atomic E-state index is 0.128. The summed E-state index contributed by atoms with van der Waals surface area (Å²) in [5.74, 6) is -0.832. The Morgan fingerprint density at radius 3 is 2.72 bits per heavy atom. The highest BCUT2D eigenvalue weighted by Crippen LogP contribution is 2.23. The summed E-state index contributed by atoms with van der Waals surface area (Å²) in [7, 11) is 0. The Kier molecular flexibility index (Phi) is 6.82. The van der Waals surface area contributed by atoms with Gasteiger partial charge in [-0.25, -0.2) is 4.98 Å². The van der Waals surface area contributed by atoms with E-state index in [1.807, 2.05) is 29.6 Å². The molecule has 9 heteroatoms. The van der Waals surface area contributed by atoms with Gasteiger partial charge in [0.25, 0.3) is 5.91 Å². The van der Waals surface area contributed by atoms with Gasteiger partial charge >= 0.3 is 0 Å². The van der Waals surface area contributed by atoms with Gasteiger partial charge in [-0.2, -0.15) is 0 Å². The van der Waals surface area contributed by atoms with Crippen molar-refractivity contribution in [2.24, 2.45) is 0 Å². The van der Waals surface area contributed by atoms with E-state index >= 15 is 0 Å². The van der Waals surface area contributed by atoms with E-state index in [1.165, 1.54) is 11.3 Å². The van der Waals surface area contributed by atoms with Crippen molar-refractivity contribution in [2.75, 3.05) is 11.9 Å². The molecule has 0 unspecified atom stereocenters. The maximum atomic E-state index is 12.4. The molecule has 164 valence electrons. The number of carbonyl (C=O) groups excluding carboxylic acids is 3. The number of hydrogen-bond donors (Lipinski definition) is 3. The molecule has 32 heavy (non-hydrogen) atoms. The molecule has 3 amide bonds. The molecule has 0 fully saturated rings. The molecule has 0 saturated heterocycles. The number of fused-ring (bicyclic) bond motifs is 1. The van der Waals surface area contributed by atoms with E-state index in [1.54, 1.807) is 24.3 Å². The third kappa shape index (κ3) is 5.33. The van der Waals surface area contributed by atoms with Crippen LogP contribution in [0.3, 0.4) is 0 Å². The van der Waals surface area contributed by atoms with Gasteiger partial charge in [0, 0.05) is 35.4 Å². The van der Waals surface area contributed by atoms with Crippen molar-refractivity contribution in [3.05, 3.63) is 69.5 Å². The number of hydrogen-bond acceptors (Lipinski definition) is 5. The van der Waals surface area contributed by atoms with Crippen molar-refractivity contribution in [2.45, 2.75) is 25.3 Å². The summed E-state index contributed by atoms with van der Waals surface area (Å²) in [6.07, 6.45) is 0.956. The first-order chi connectivity index (χ1) is 15.5. The second-order valence-electron chi connectivity index (χ2n) is 7.33. The zero-order chi connectivity index (χ0) is 22.5. The fraction of sp³-hybridized carbons (Fsp3) is 0.217. The molecule has 1 aromatic heterocycles. The van der Waals surface area contributed by atoms with Gasteiger partial charge in [0.05, 0.1) is 22.0 Å². The number of nitrogens with one attached hydrogen (secondary N) is 3. The average Bonchev–Trinajstić information content (AvgIpc) is 3.21. The number of para-hydroxylation sites is 1. The highest BCUT2D eigenvalue weighted by Gasteiger charge is 2.27. The van der Waals surface area contributed by atoms with Gasteiger partial charge in [0.1, 0.15) is 6.04 Å². The van der Waals surface area contributed by atoms with Crippen LogP contribution < -0.4 is 16.0 Å². The molecule has 3 aromatic rings. The molecule has 4 rings (SSSR count). The molecule has 0 saturated carbocycles. The summed E-state index contributed by atoms with van der Waals surface area (Å²) in [4.78, 5) is 41.6. The average molecular weight is 469 g/mol. The van der Waals surface area contributed by atoms with Crippen molar-refractivity contribution in [3.63, 3.8) is 0 Å². The minimum Gasteiger partial charge on any atom is -0.356 e. The quantitative estimate of drug-likeness (QED) is 0.492. The largest absolute Gasteiger partial charge is 0.356 e. The SMILES string of the molecule is O=C(CC[C@H]1NC(=O)c2ccccc2NC1=O)NCCc1nc(-c2ccc(Cl)cc2)cs1. The Morgan fingerprint density at radius 1 is 1.12 bits per heavy atom. The van der Waals surface area contributed by atoms with Gasteiger partial charge in [0.2, 0.25) is 11.8 Å². The van der Waals surface area contributed by atoms with Crippen LogP contribution in [0.15, 0.2) is 53.9 Å². The van der Waals surface area contributed by atoms with E-state index in [9.17, 15) is 14.4 Å². The second-order valence-corrected chi connectivity index (χ2v) is 8.71. The molecule has 7 nitrogen and oxygen atoms in total. The predicted molar refractivity (Wildman–Crippen MR) is 125 cm³/mol. The molecule has 2 aromatic carbocycles. The third-order valence-corrected chi connectivity index (χ3v) is 6.22. The lowest BCUT2D eigenvalue weighted by molar-refractivity contribution is -0.121. The molecular formula is C23H21ClN4O3S. The fourth-order valence-electron chi connectivity index (χ4n) is 3.37. The Hall–Kier alpha value is -3.23. The van der Waals surface area contributed by atoms with Crippen LogP contribution in [0.4, 0.5) is 5.69 Å². The maximum Gasteiger partial charge on any atom is 0.254 e. The number of carbonyl (C=O) groups is 3. The van der Waals surface area contributed by atoms with Crippen LogP contribution in [0.1, 0.15) is 28.2 Å². The number of halogens is 1. The van der Waals surface area contributed by atoms with Gasteiger partial charge in [-0.15, -0.1) is 11.3 Å². The molecule has 0 bridgehead atoms. The normalized spacial score (nSPS) is 15.3. The summed E-state index contributed by atoms with van der Waals surface area (Å²) in [6.45, 7) is 0.446. The molecule has 1 atom stereocenters. The molecule has 3 N–H and O–H groups in total. The van der Waals surface area contributed by atoms with Gasteiger partial charge < -0.3 is 16.0 Å². The van der Waals surface area contributed by atoms with E-state index in [0.717, 1.165) is 16.3 Å². The van der Waals surface area contributed by atoms with Crippen molar-refractivity contribution >= 4 is 46.3 Å². The molecule has 0 aliphatic carbocycles. The first kappa shape index (κ1) is 22.0. The van der Waals surface area contributed by atoms with E-state index in [0.29, 0.717) is 29.2 Å². The van der Waals surface area contributed by atoms with Crippen LogP contribution in [-0.4, -0.2) is 35.3 Å². The number of nitrogens with zero attached hydrogens (tertiary/aromatic N) is 1. The summed E-state index contributed by atoms with van der Waals surface area (Å²) >= 11 is 7.46. The van der Waals surface area contributed by atoms with Crippen LogP contribution in [0.2, 0.25) is 5.02 Å². The van der Waals surface area contributed by atoms with Gasteiger partial charge in [-0.05, 0) is 30.7 Å². The highest BCUT2D eigenvalue weighted by atomic mass is 35.5. The Labute approximate surface area is 194 Å². The van der Waals surface area contributed by atoms with Crippen LogP contribution >= 0.6 is 22.9 Å². The van der Waals surface area contributed by atoms with Crippen LogP contribution in [0.5, 0.6) is 0 Å². The Bertz CT molecular complexity index is 1150. The number of thiazole rings is 1. The molecule has 0 spiro atoms. The van der Waals surface area contributed by atoms with Gasteiger partial charge in [0.15, 0.2) is 0 Å². The smallest absolute Gasteiger partial charge is 0.254 e. The van der Waals surface area contributed by atoms with Crippen LogP contribution in [0, 0.1) is 0 Å². The van der Waals surface area contributed by atoms with Gasteiger partial charge in [-0.1, -0.05) is 35.9 Å². The third-order valence-electron chi connectivity index (χ3n) is 5.06. The molecule has 2 heterocycles. The van der Waals surface area contributed by atoms with E-state index in [4.69, 9.17) is 11.6 Å². The zero-order valence-corrected chi connectivity index (χ0v) is 18.6. The lowest BCUT2D eigenvalue weighted by Gasteiger charge is -2.14. The standard InChI is InChI=1S/C23H21ClN4O3S/c24-15-7-5-14(6-8-15)19-13-32-21(26-19)11-12-25-20(29)10-9-18-23(31)27-17-4-2-1-3-16(17)22(30)28-18/h1-8,13,18H,9-12H2,(H,25,29)(H,27,31)(H,28,30)/t18-/m1/s1. The first-order valence-electron chi connectivity index (χ1n) is 10.2. The second kappa shape index (κ2) is 9.93. The monoisotopic (exact) mass is 468 g/mol. The van der Waals surface area contributed by atoms with Crippen molar-refractivity contribution < 1.29 is 14.4 Å². The zero-order valence-electron chi connectivity index (χ0n) is 17.1. The summed E-state index contributed by atoms with van der Waals surface area (Å²) in [5.41, 5.74) is 2.76. The summed E-state index contributed by atoms with van der Waals surface area (Å²) in [5, 5.41) is 11.9. The fourth-order valence-corrected chi connectivity index (χ4v) is 4.30. The topological polar surface area (TPSA) is 100 Å². The number of anilines is 1. The number of aromatic nitrogens is 1. The minimum atomic E-state index is -0.762. The number of benzene rings is 2.